The molecule has 1 aromatic carbocycles. The van der Waals surface area contributed by atoms with E-state index in [1.54, 1.807) is 0 Å². The van der Waals surface area contributed by atoms with Crippen LogP contribution in [0.5, 0.6) is 0 Å². The summed E-state index contributed by atoms with van der Waals surface area (Å²) in [4.78, 5) is 0. The minimum atomic E-state index is -0.290. The molecule has 0 radical (unpaired) electrons. The fourth-order valence-corrected chi connectivity index (χ4v) is 1.28. The number of hydrogen-bond donors (Lipinski definition) is 1. The van der Waals surface area contributed by atoms with Gasteiger partial charge in [0.1, 0.15) is 6.67 Å². The molecular weight excluding hydrogens is 165 g/mol. The predicted octanol–water partition coefficient (Wildman–Crippen LogP) is 2.35. The van der Waals surface area contributed by atoms with Gasteiger partial charge in [-0.15, -0.1) is 0 Å². The lowest BCUT2D eigenvalue weighted by molar-refractivity contribution is 0.460. The number of alkyl halides is 1. The highest BCUT2D eigenvalue weighted by Crippen LogP contribution is 2.12. The zero-order chi connectivity index (χ0) is 9.52. The topological polar surface area (TPSA) is 12.0 Å². The van der Waals surface area contributed by atoms with Crippen LogP contribution in [0.3, 0.4) is 0 Å². The van der Waals surface area contributed by atoms with Gasteiger partial charge in [0.15, 0.2) is 0 Å². The first-order chi connectivity index (χ1) is 6.34. The highest BCUT2D eigenvalue weighted by molar-refractivity contribution is 5.18. The van der Waals surface area contributed by atoms with E-state index < -0.39 is 0 Å². The lowest BCUT2D eigenvalue weighted by Crippen LogP contribution is -2.22. The second kappa shape index (κ2) is 5.70. The average Bonchev–Trinajstić information content (AvgIpc) is 2.19. The van der Waals surface area contributed by atoms with Crippen molar-refractivity contribution in [2.75, 3.05) is 19.8 Å². The van der Waals surface area contributed by atoms with Gasteiger partial charge in [-0.3, -0.25) is 0 Å². The summed E-state index contributed by atoms with van der Waals surface area (Å²) in [6, 6.07) is 10.3. The molecule has 2 heteroatoms. The van der Waals surface area contributed by atoms with Gasteiger partial charge in [-0.25, -0.2) is 4.39 Å². The number of benzene rings is 1. The third-order valence-corrected chi connectivity index (χ3v) is 2.09. The number of rotatable bonds is 5. The molecule has 0 aromatic heterocycles. The van der Waals surface area contributed by atoms with Crippen LogP contribution >= 0.6 is 0 Å². The third-order valence-electron chi connectivity index (χ3n) is 2.09. The lowest BCUT2D eigenvalue weighted by atomic mass is 10.0. The van der Waals surface area contributed by atoms with E-state index in [1.807, 2.05) is 18.2 Å². The molecule has 0 amide bonds. The highest BCUT2D eigenvalue weighted by Gasteiger charge is 2.02. The number of hydrogen-bond acceptors (Lipinski definition) is 1. The average molecular weight is 181 g/mol. The molecule has 0 aliphatic heterocycles. The van der Waals surface area contributed by atoms with Crippen molar-refractivity contribution in [2.45, 2.75) is 12.8 Å². The van der Waals surface area contributed by atoms with E-state index in [2.05, 4.69) is 24.4 Å². The summed E-state index contributed by atoms with van der Waals surface area (Å²) < 4.78 is 11.8. The third kappa shape index (κ3) is 3.55. The summed E-state index contributed by atoms with van der Waals surface area (Å²) in [5, 5.41) is 3.06. The monoisotopic (exact) mass is 181 g/mol. The fraction of sp³-hybridized carbons (Fsp3) is 0.455. The van der Waals surface area contributed by atoms with E-state index in [-0.39, 0.29) is 6.67 Å². The molecule has 1 aromatic rings. The summed E-state index contributed by atoms with van der Waals surface area (Å²) >= 11 is 0. The van der Waals surface area contributed by atoms with Crippen LogP contribution in [-0.2, 0) is 0 Å². The highest BCUT2D eigenvalue weighted by atomic mass is 19.1. The molecule has 1 N–H and O–H groups in total. The van der Waals surface area contributed by atoms with Crippen LogP contribution in [-0.4, -0.2) is 19.8 Å². The van der Waals surface area contributed by atoms with Crippen molar-refractivity contribution in [1.82, 2.24) is 5.32 Å². The first-order valence-corrected chi connectivity index (χ1v) is 4.66. The predicted molar refractivity (Wildman–Crippen MR) is 53.7 cm³/mol. The standard InChI is InChI=1S/C11H16FN/c1-10(9-13-8-7-12)11-5-3-2-4-6-11/h2-6,10,13H,7-9H2,1H3. The van der Waals surface area contributed by atoms with Crippen molar-refractivity contribution in [3.63, 3.8) is 0 Å². The van der Waals surface area contributed by atoms with Crippen LogP contribution in [0.25, 0.3) is 0 Å². The van der Waals surface area contributed by atoms with Crippen molar-refractivity contribution in [2.24, 2.45) is 0 Å². The molecular formula is C11H16FN. The largest absolute Gasteiger partial charge is 0.314 e. The smallest absolute Gasteiger partial charge is 0.102 e. The van der Waals surface area contributed by atoms with Gasteiger partial charge in [-0.1, -0.05) is 37.3 Å². The van der Waals surface area contributed by atoms with Crippen molar-refractivity contribution >= 4 is 0 Å². The van der Waals surface area contributed by atoms with Crippen molar-refractivity contribution in [1.29, 1.82) is 0 Å². The van der Waals surface area contributed by atoms with E-state index >= 15 is 0 Å². The molecule has 13 heavy (non-hydrogen) atoms. The molecule has 1 unspecified atom stereocenters. The van der Waals surface area contributed by atoms with Crippen molar-refractivity contribution < 1.29 is 4.39 Å². The quantitative estimate of drug-likeness (QED) is 0.687. The Morgan fingerprint density at radius 2 is 2.00 bits per heavy atom. The Labute approximate surface area is 79.0 Å². The number of nitrogens with one attached hydrogen (secondary N) is 1. The summed E-state index contributed by atoms with van der Waals surface area (Å²) in [5.74, 6) is 0.452. The van der Waals surface area contributed by atoms with E-state index in [0.29, 0.717) is 12.5 Å². The molecule has 0 bridgehead atoms. The Morgan fingerprint density at radius 1 is 1.31 bits per heavy atom. The Hall–Kier alpha value is -0.890. The zero-order valence-electron chi connectivity index (χ0n) is 7.96. The van der Waals surface area contributed by atoms with Gasteiger partial charge in [0, 0.05) is 13.1 Å². The summed E-state index contributed by atoms with van der Waals surface area (Å²) in [6.45, 7) is 3.15. The Bertz CT molecular complexity index is 223. The van der Waals surface area contributed by atoms with E-state index in [1.165, 1.54) is 5.56 Å². The maximum absolute atomic E-state index is 11.8. The van der Waals surface area contributed by atoms with Gasteiger partial charge in [0.2, 0.25) is 0 Å². The van der Waals surface area contributed by atoms with Gasteiger partial charge < -0.3 is 5.32 Å². The molecule has 0 saturated carbocycles. The molecule has 0 saturated heterocycles. The van der Waals surface area contributed by atoms with E-state index in [0.717, 1.165) is 6.54 Å². The van der Waals surface area contributed by atoms with Crippen molar-refractivity contribution in [3.05, 3.63) is 35.9 Å². The molecule has 0 aliphatic rings. The summed E-state index contributed by atoms with van der Waals surface area (Å²) in [6.07, 6.45) is 0. The minimum absolute atomic E-state index is 0.290. The summed E-state index contributed by atoms with van der Waals surface area (Å²) in [5.41, 5.74) is 1.30. The normalized spacial score (nSPS) is 12.8. The van der Waals surface area contributed by atoms with Crippen LogP contribution in [0.15, 0.2) is 30.3 Å². The zero-order valence-corrected chi connectivity index (χ0v) is 7.96. The Balaban J connectivity index is 2.35. The maximum atomic E-state index is 11.8. The fourth-order valence-electron chi connectivity index (χ4n) is 1.28. The molecule has 0 fully saturated rings. The van der Waals surface area contributed by atoms with Crippen LogP contribution in [0.2, 0.25) is 0 Å². The maximum Gasteiger partial charge on any atom is 0.102 e. The van der Waals surface area contributed by atoms with Gasteiger partial charge in [0.05, 0.1) is 0 Å². The molecule has 0 spiro atoms. The minimum Gasteiger partial charge on any atom is -0.314 e. The second-order valence-corrected chi connectivity index (χ2v) is 3.20. The Morgan fingerprint density at radius 3 is 2.62 bits per heavy atom. The molecule has 0 heterocycles. The van der Waals surface area contributed by atoms with Crippen LogP contribution in [0, 0.1) is 0 Å². The van der Waals surface area contributed by atoms with Crippen LogP contribution in [0.1, 0.15) is 18.4 Å². The summed E-state index contributed by atoms with van der Waals surface area (Å²) in [7, 11) is 0. The molecule has 1 rings (SSSR count). The number of halogens is 1. The molecule has 72 valence electrons. The Kier molecular flexibility index (Phi) is 4.47. The molecule has 1 nitrogen and oxygen atoms in total. The van der Waals surface area contributed by atoms with Gasteiger partial charge in [0.25, 0.3) is 0 Å². The first kappa shape index (κ1) is 10.2. The first-order valence-electron chi connectivity index (χ1n) is 4.66. The van der Waals surface area contributed by atoms with E-state index in [4.69, 9.17) is 0 Å². The van der Waals surface area contributed by atoms with E-state index in [9.17, 15) is 4.39 Å². The van der Waals surface area contributed by atoms with Crippen molar-refractivity contribution in [3.8, 4) is 0 Å². The van der Waals surface area contributed by atoms with Crippen LogP contribution in [0.4, 0.5) is 4.39 Å². The lowest BCUT2D eigenvalue weighted by Gasteiger charge is -2.11. The van der Waals surface area contributed by atoms with Gasteiger partial charge in [-0.2, -0.15) is 0 Å². The SMILES string of the molecule is CC(CNCCF)c1ccccc1. The molecule has 1 atom stereocenters. The molecule has 0 aliphatic carbocycles. The van der Waals surface area contributed by atoms with Crippen LogP contribution < -0.4 is 5.32 Å². The second-order valence-electron chi connectivity index (χ2n) is 3.20. The van der Waals surface area contributed by atoms with Gasteiger partial charge >= 0.3 is 0 Å². The van der Waals surface area contributed by atoms with Gasteiger partial charge in [-0.05, 0) is 11.5 Å².